The molecule has 0 aliphatic rings. The van der Waals surface area contributed by atoms with Gasteiger partial charge in [-0.2, -0.15) is 0 Å². The van der Waals surface area contributed by atoms with Crippen LogP contribution in [0.1, 0.15) is 12.6 Å². The van der Waals surface area contributed by atoms with Gasteiger partial charge in [-0.3, -0.25) is 4.79 Å². The molecule has 0 aliphatic heterocycles. The van der Waals surface area contributed by atoms with E-state index in [-0.39, 0.29) is 5.97 Å². The van der Waals surface area contributed by atoms with E-state index in [2.05, 4.69) is 0 Å². The molecule has 0 radical (unpaired) electrons. The first-order valence-electron chi connectivity index (χ1n) is 7.97. The summed E-state index contributed by atoms with van der Waals surface area (Å²) in [5, 5.41) is 0. The van der Waals surface area contributed by atoms with Crippen molar-refractivity contribution in [3.8, 4) is 11.5 Å². The van der Waals surface area contributed by atoms with Crippen molar-refractivity contribution in [2.24, 2.45) is 5.73 Å². The monoisotopic (exact) mass is 332 g/mol. The van der Waals surface area contributed by atoms with E-state index < -0.39 is 6.04 Å². The highest BCUT2D eigenvalue weighted by atomic mass is 16.5. The third-order valence-corrected chi connectivity index (χ3v) is 3.58. The van der Waals surface area contributed by atoms with E-state index in [4.69, 9.17) is 19.9 Å². The Labute approximate surface area is 142 Å². The summed E-state index contributed by atoms with van der Waals surface area (Å²) in [4.78, 5) is 11.6. The molecule has 130 valence electrons. The molecule has 1 atom stereocenters. The Kier molecular flexibility index (Phi) is 6.69. The quantitative estimate of drug-likeness (QED) is 0.711. The van der Waals surface area contributed by atoms with Crippen molar-refractivity contribution >= 4 is 5.97 Å². The van der Waals surface area contributed by atoms with E-state index in [1.165, 1.54) is 0 Å². The summed E-state index contributed by atoms with van der Waals surface area (Å²) in [5.41, 5.74) is 6.86. The summed E-state index contributed by atoms with van der Waals surface area (Å²) >= 11 is 0. The number of carbonyl (C=O) groups is 1. The van der Waals surface area contributed by atoms with E-state index in [1.807, 2.05) is 47.2 Å². The maximum absolute atomic E-state index is 11.6. The Morgan fingerprint density at radius 2 is 2.04 bits per heavy atom. The molecule has 6 heteroatoms. The highest BCUT2D eigenvalue weighted by Gasteiger charge is 2.16. The number of rotatable bonds is 9. The Morgan fingerprint density at radius 3 is 2.79 bits per heavy atom. The van der Waals surface area contributed by atoms with Crippen LogP contribution < -0.4 is 15.2 Å². The summed E-state index contributed by atoms with van der Waals surface area (Å²) in [7, 11) is 1.62. The summed E-state index contributed by atoms with van der Waals surface area (Å²) in [5.74, 6) is 1.14. The standard InChI is InChI=1S/C18H24N2O4/c1-3-23-18(21)17(19)12-14-6-5-9-20(14)10-11-24-16-8-4-7-15(13-16)22-2/h4-9,13,17H,3,10-12,19H2,1-2H3. The third-order valence-electron chi connectivity index (χ3n) is 3.58. The summed E-state index contributed by atoms with van der Waals surface area (Å²) < 4.78 is 17.9. The number of aromatic nitrogens is 1. The van der Waals surface area contributed by atoms with Crippen LogP contribution in [-0.4, -0.2) is 36.9 Å². The number of hydrogen-bond acceptors (Lipinski definition) is 5. The number of nitrogens with two attached hydrogens (primary N) is 1. The minimum absolute atomic E-state index is 0.335. The average Bonchev–Trinajstić information content (AvgIpc) is 3.02. The second-order valence-electron chi connectivity index (χ2n) is 5.28. The minimum Gasteiger partial charge on any atom is -0.497 e. The first-order chi connectivity index (χ1) is 11.6. The van der Waals surface area contributed by atoms with Gasteiger partial charge in [0.25, 0.3) is 0 Å². The second-order valence-corrected chi connectivity index (χ2v) is 5.28. The maximum atomic E-state index is 11.6. The Balaban J connectivity index is 1.87. The zero-order valence-corrected chi connectivity index (χ0v) is 14.1. The van der Waals surface area contributed by atoms with Crippen LogP contribution in [0.3, 0.4) is 0 Å². The lowest BCUT2D eigenvalue weighted by atomic mass is 10.1. The Bertz CT molecular complexity index is 654. The average molecular weight is 332 g/mol. The number of nitrogens with zero attached hydrogens (tertiary/aromatic N) is 1. The zero-order valence-electron chi connectivity index (χ0n) is 14.1. The van der Waals surface area contributed by atoms with Gasteiger partial charge in [0.2, 0.25) is 0 Å². The summed E-state index contributed by atoms with van der Waals surface area (Å²) in [6, 6.07) is 10.7. The highest BCUT2D eigenvalue weighted by molar-refractivity contribution is 5.75. The first kappa shape index (κ1) is 17.9. The highest BCUT2D eigenvalue weighted by Crippen LogP contribution is 2.18. The van der Waals surface area contributed by atoms with Gasteiger partial charge >= 0.3 is 5.97 Å². The molecule has 1 aromatic carbocycles. The largest absolute Gasteiger partial charge is 0.497 e. The smallest absolute Gasteiger partial charge is 0.323 e. The molecule has 0 saturated carbocycles. The van der Waals surface area contributed by atoms with Crippen molar-refractivity contribution in [1.29, 1.82) is 0 Å². The van der Waals surface area contributed by atoms with Crippen LogP contribution in [0.4, 0.5) is 0 Å². The lowest BCUT2D eigenvalue weighted by Gasteiger charge is -2.14. The molecule has 24 heavy (non-hydrogen) atoms. The van der Waals surface area contributed by atoms with Crippen molar-refractivity contribution in [1.82, 2.24) is 4.57 Å². The topological polar surface area (TPSA) is 75.7 Å². The van der Waals surface area contributed by atoms with Crippen LogP contribution in [0.25, 0.3) is 0 Å². The van der Waals surface area contributed by atoms with Gasteiger partial charge in [-0.1, -0.05) is 6.07 Å². The molecule has 0 spiro atoms. The van der Waals surface area contributed by atoms with Gasteiger partial charge in [-0.15, -0.1) is 0 Å². The molecule has 1 unspecified atom stereocenters. The molecule has 2 rings (SSSR count). The Morgan fingerprint density at radius 1 is 1.25 bits per heavy atom. The third kappa shape index (κ3) is 5.03. The molecule has 2 N–H and O–H groups in total. The maximum Gasteiger partial charge on any atom is 0.323 e. The predicted octanol–water partition coefficient (Wildman–Crippen LogP) is 2.01. The van der Waals surface area contributed by atoms with Crippen LogP contribution in [0, 0.1) is 0 Å². The van der Waals surface area contributed by atoms with Gasteiger partial charge in [0.1, 0.15) is 24.1 Å². The van der Waals surface area contributed by atoms with Gasteiger partial charge in [0.15, 0.2) is 0 Å². The lowest BCUT2D eigenvalue weighted by molar-refractivity contribution is -0.144. The van der Waals surface area contributed by atoms with E-state index in [0.717, 1.165) is 17.2 Å². The SMILES string of the molecule is CCOC(=O)C(N)Cc1cccn1CCOc1cccc(OC)c1. The molecule has 0 amide bonds. The van der Waals surface area contributed by atoms with Gasteiger partial charge < -0.3 is 24.5 Å². The second kappa shape index (κ2) is 8.98. The zero-order chi connectivity index (χ0) is 17.4. The van der Waals surface area contributed by atoms with E-state index >= 15 is 0 Å². The molecule has 6 nitrogen and oxygen atoms in total. The van der Waals surface area contributed by atoms with E-state index in [9.17, 15) is 4.79 Å². The molecule has 0 fully saturated rings. The van der Waals surface area contributed by atoms with Crippen LogP contribution in [0.5, 0.6) is 11.5 Å². The molecular weight excluding hydrogens is 308 g/mol. The summed E-state index contributed by atoms with van der Waals surface area (Å²) in [6.07, 6.45) is 2.38. The number of methoxy groups -OCH3 is 1. The molecule has 2 aromatic rings. The predicted molar refractivity (Wildman–Crippen MR) is 91.2 cm³/mol. The van der Waals surface area contributed by atoms with E-state index in [0.29, 0.717) is 26.2 Å². The van der Waals surface area contributed by atoms with Crippen LogP contribution in [-0.2, 0) is 22.5 Å². The van der Waals surface area contributed by atoms with Crippen molar-refractivity contribution in [3.05, 3.63) is 48.3 Å². The van der Waals surface area contributed by atoms with Crippen LogP contribution in [0.2, 0.25) is 0 Å². The van der Waals surface area contributed by atoms with Crippen molar-refractivity contribution in [2.45, 2.75) is 25.9 Å². The van der Waals surface area contributed by atoms with Gasteiger partial charge in [0, 0.05) is 24.4 Å². The number of esters is 1. The molecule has 1 heterocycles. The fourth-order valence-corrected chi connectivity index (χ4v) is 2.36. The fraction of sp³-hybridized carbons (Fsp3) is 0.389. The first-order valence-corrected chi connectivity index (χ1v) is 7.97. The molecule has 0 bridgehead atoms. The summed E-state index contributed by atoms with van der Waals surface area (Å²) in [6.45, 7) is 3.27. The molecule has 0 aliphatic carbocycles. The van der Waals surface area contributed by atoms with Crippen molar-refractivity contribution in [2.75, 3.05) is 20.3 Å². The van der Waals surface area contributed by atoms with Gasteiger partial charge in [0.05, 0.1) is 20.3 Å². The van der Waals surface area contributed by atoms with E-state index in [1.54, 1.807) is 14.0 Å². The number of ether oxygens (including phenoxy) is 3. The van der Waals surface area contributed by atoms with Crippen LogP contribution >= 0.6 is 0 Å². The van der Waals surface area contributed by atoms with Gasteiger partial charge in [-0.05, 0) is 31.2 Å². The van der Waals surface area contributed by atoms with Crippen LogP contribution in [0.15, 0.2) is 42.6 Å². The van der Waals surface area contributed by atoms with Crippen molar-refractivity contribution in [3.63, 3.8) is 0 Å². The number of hydrogen-bond donors (Lipinski definition) is 1. The molecular formula is C18H24N2O4. The fourth-order valence-electron chi connectivity index (χ4n) is 2.36. The molecule has 1 aromatic heterocycles. The molecule has 0 saturated heterocycles. The lowest BCUT2D eigenvalue weighted by Crippen LogP contribution is -2.35. The number of benzene rings is 1. The number of carbonyl (C=O) groups excluding carboxylic acids is 1. The normalized spacial score (nSPS) is 11.8. The Hall–Kier alpha value is -2.47. The van der Waals surface area contributed by atoms with Crippen molar-refractivity contribution < 1.29 is 19.0 Å². The minimum atomic E-state index is -0.655. The van der Waals surface area contributed by atoms with Gasteiger partial charge in [-0.25, -0.2) is 0 Å².